The molecule has 0 fully saturated rings. The third-order valence-electron chi connectivity index (χ3n) is 10.5. The van der Waals surface area contributed by atoms with Gasteiger partial charge in [-0.3, -0.25) is 33.8 Å². The normalized spacial score (nSPS) is 16.1. The topological polar surface area (TPSA) is 190 Å². The van der Waals surface area contributed by atoms with Gasteiger partial charge < -0.3 is 30.8 Å². The summed E-state index contributed by atoms with van der Waals surface area (Å²) in [6.45, 7) is 11.8. The Morgan fingerprint density at radius 1 is 0.859 bits per heavy atom. The number of carbonyl (C=O) groups excluding carboxylic acids is 5. The Kier molecular flexibility index (Phi) is 19.8. The van der Waals surface area contributed by atoms with E-state index in [0.717, 1.165) is 22.0 Å². The van der Waals surface area contributed by atoms with E-state index >= 15 is 0 Å². The second kappa shape index (κ2) is 24.2. The van der Waals surface area contributed by atoms with E-state index in [9.17, 15) is 37.1 Å². The summed E-state index contributed by atoms with van der Waals surface area (Å²) in [5.74, 6) is -4.31. The highest BCUT2D eigenvalue weighted by molar-refractivity contribution is 6.08. The average molecular weight is 897 g/mol. The number of alkyl halides is 3. The molecule has 0 bridgehead atoms. The van der Waals surface area contributed by atoms with Gasteiger partial charge in [0, 0.05) is 41.7 Å². The van der Waals surface area contributed by atoms with Crippen LogP contribution in [0.4, 0.5) is 13.2 Å². The van der Waals surface area contributed by atoms with Crippen LogP contribution in [0.5, 0.6) is 0 Å². The lowest BCUT2D eigenvalue weighted by atomic mass is 9.98. The first-order valence-electron chi connectivity index (χ1n) is 21.3. The number of methoxy groups -OCH3 is 1. The highest BCUT2D eigenvalue weighted by atomic mass is 19.4. The van der Waals surface area contributed by atoms with Crippen LogP contribution in [0, 0.1) is 17.8 Å². The van der Waals surface area contributed by atoms with Gasteiger partial charge in [-0.2, -0.15) is 13.2 Å². The van der Waals surface area contributed by atoms with Gasteiger partial charge in [-0.05, 0) is 74.7 Å². The lowest BCUT2D eigenvalue weighted by molar-refractivity contribution is -0.192. The quantitative estimate of drug-likeness (QED) is 0.0856. The fraction of sp³-hybridized carbons (Fsp3) is 0.489. The average Bonchev–Trinajstić information content (AvgIpc) is 3.77. The van der Waals surface area contributed by atoms with Gasteiger partial charge in [-0.25, -0.2) is 4.79 Å². The maximum Gasteiger partial charge on any atom is 0.490 e. The number of H-pyrrole nitrogens is 1. The molecule has 1 aromatic heterocycles. The van der Waals surface area contributed by atoms with Crippen molar-refractivity contribution < 1.29 is 51.8 Å². The molecular formula is C47H63F3N6O8. The summed E-state index contributed by atoms with van der Waals surface area (Å²) in [6, 6.07) is 14.2. The molecule has 2 heterocycles. The van der Waals surface area contributed by atoms with Gasteiger partial charge in [-0.1, -0.05) is 96.1 Å². The minimum Gasteiger partial charge on any atom is -0.499 e. The van der Waals surface area contributed by atoms with E-state index in [4.69, 9.17) is 14.6 Å². The van der Waals surface area contributed by atoms with Crippen LogP contribution < -0.4 is 16.0 Å². The first-order valence-corrected chi connectivity index (χ1v) is 21.3. The zero-order valence-corrected chi connectivity index (χ0v) is 38.0. The van der Waals surface area contributed by atoms with Crippen molar-refractivity contribution in [3.63, 3.8) is 0 Å². The molecule has 2 aromatic carbocycles. The number of carbonyl (C=O) groups is 6. The fourth-order valence-corrected chi connectivity index (χ4v) is 7.54. The Hall–Kier alpha value is -5.97. The zero-order chi connectivity index (χ0) is 47.9. The minimum atomic E-state index is -5.08. The van der Waals surface area contributed by atoms with E-state index in [2.05, 4.69) is 20.9 Å². The summed E-state index contributed by atoms with van der Waals surface area (Å²) in [7, 11) is 5.15. The number of carboxylic acids is 1. The standard InChI is InChI=1S/C45H62N6O6.C2HF3O2/c1-28(2)23-36(48-44(55)37(24-29(3)4)49-45(56)42(30(5)6)50(7)8)43(54)47-33(20-19-31-15-11-10-12-16-31)21-22-40(52)51-38(39(57-9)26-41(51)53)25-32-27-46-35-18-14-13-17-34(32)35;3-2(4,5)1(6)7/h10-18,21-22,26-30,33,36-38,42,46H,19-20,23-25H2,1-9H3,(H,47,54)(H,48,55)(H,49,56);(H,6,7)/b22-21+;/t33-,36-,37-,38-,42-;/m0./s1. The fourth-order valence-electron chi connectivity index (χ4n) is 7.54. The number of carboxylic acid groups (broad SMARTS) is 1. The number of aromatic amines is 1. The van der Waals surface area contributed by atoms with E-state index in [1.165, 1.54) is 24.2 Å². The molecule has 0 saturated heterocycles. The zero-order valence-electron chi connectivity index (χ0n) is 38.0. The molecule has 1 aliphatic heterocycles. The van der Waals surface area contributed by atoms with Gasteiger partial charge in [0.05, 0.1) is 13.2 Å². The number of aryl methyl sites for hydroxylation is 1. The van der Waals surface area contributed by atoms with Crippen molar-refractivity contribution in [2.45, 2.75) is 110 Å². The van der Waals surface area contributed by atoms with Crippen molar-refractivity contribution in [2.24, 2.45) is 17.8 Å². The molecule has 5 atom stereocenters. The highest BCUT2D eigenvalue weighted by Gasteiger charge is 2.39. The number of rotatable bonds is 20. The first kappa shape index (κ1) is 52.4. The van der Waals surface area contributed by atoms with E-state index in [1.807, 2.05) is 121 Å². The van der Waals surface area contributed by atoms with Crippen molar-refractivity contribution >= 4 is 46.4 Å². The van der Waals surface area contributed by atoms with Crippen LogP contribution >= 0.6 is 0 Å². The van der Waals surface area contributed by atoms with Gasteiger partial charge in [0.25, 0.3) is 11.8 Å². The highest BCUT2D eigenvalue weighted by Crippen LogP contribution is 2.28. The van der Waals surface area contributed by atoms with E-state index < -0.39 is 66.0 Å². The summed E-state index contributed by atoms with van der Waals surface area (Å²) < 4.78 is 37.3. The molecule has 0 saturated carbocycles. The number of ether oxygens (including phenoxy) is 1. The van der Waals surface area contributed by atoms with Gasteiger partial charge in [-0.15, -0.1) is 0 Å². The summed E-state index contributed by atoms with van der Waals surface area (Å²) in [4.78, 5) is 83.8. The number of benzene rings is 2. The van der Waals surface area contributed by atoms with Crippen LogP contribution in [-0.2, 0) is 46.3 Å². The molecule has 0 spiro atoms. The third-order valence-corrected chi connectivity index (χ3v) is 10.5. The number of aliphatic carboxylic acids is 1. The molecule has 14 nitrogen and oxygen atoms in total. The monoisotopic (exact) mass is 896 g/mol. The summed E-state index contributed by atoms with van der Waals surface area (Å²) >= 11 is 0. The number of fused-ring (bicyclic) bond motifs is 1. The van der Waals surface area contributed by atoms with Crippen LogP contribution in [0.25, 0.3) is 10.9 Å². The second-order valence-corrected chi connectivity index (χ2v) is 17.2. The molecule has 350 valence electrons. The van der Waals surface area contributed by atoms with E-state index in [0.29, 0.717) is 37.9 Å². The summed E-state index contributed by atoms with van der Waals surface area (Å²) in [5, 5.41) is 17.1. The van der Waals surface area contributed by atoms with E-state index in [1.54, 1.807) is 6.08 Å². The molecule has 0 radical (unpaired) electrons. The number of halogens is 3. The van der Waals surface area contributed by atoms with Crippen LogP contribution in [0.3, 0.4) is 0 Å². The number of hydrogen-bond acceptors (Lipinski definition) is 8. The molecule has 1 aliphatic rings. The third kappa shape index (κ3) is 15.7. The Labute approximate surface area is 373 Å². The van der Waals surface area contributed by atoms with Crippen LogP contribution in [0.15, 0.2) is 84.8 Å². The lowest BCUT2D eigenvalue weighted by Crippen LogP contribution is -2.57. The van der Waals surface area contributed by atoms with E-state index in [-0.39, 0.29) is 23.7 Å². The summed E-state index contributed by atoms with van der Waals surface area (Å²) in [5.41, 5.74) is 2.94. The second-order valence-electron chi connectivity index (χ2n) is 17.2. The molecule has 64 heavy (non-hydrogen) atoms. The molecular weight excluding hydrogens is 834 g/mol. The maximum absolute atomic E-state index is 14.1. The minimum absolute atomic E-state index is 0.0160. The Balaban J connectivity index is 0.00000143. The van der Waals surface area contributed by atoms with Crippen molar-refractivity contribution in [3.05, 3.63) is 95.9 Å². The number of amides is 5. The number of likely N-dealkylation sites (N-methyl/N-ethyl adjacent to an activating group) is 1. The number of nitrogens with one attached hydrogen (secondary N) is 4. The molecule has 5 N–H and O–H groups in total. The van der Waals surface area contributed by atoms with Gasteiger partial charge in [0.1, 0.15) is 23.9 Å². The first-order chi connectivity index (χ1) is 30.0. The number of imide groups is 1. The van der Waals surface area contributed by atoms with Gasteiger partial charge in [0.2, 0.25) is 17.7 Å². The molecule has 4 rings (SSSR count). The molecule has 5 amide bonds. The molecule has 3 aromatic rings. The molecule has 0 aliphatic carbocycles. The van der Waals surface area contributed by atoms with Gasteiger partial charge >= 0.3 is 12.1 Å². The predicted molar refractivity (Wildman–Crippen MR) is 237 cm³/mol. The predicted octanol–water partition coefficient (Wildman–Crippen LogP) is 5.93. The maximum atomic E-state index is 14.1. The number of hydrogen-bond donors (Lipinski definition) is 5. The number of para-hydroxylation sites is 1. The number of aromatic nitrogens is 1. The van der Waals surface area contributed by atoms with Crippen LogP contribution in [0.1, 0.15) is 71.9 Å². The van der Waals surface area contributed by atoms with Crippen LogP contribution in [-0.4, -0.2) is 113 Å². The Bertz CT molecular complexity index is 2110. The largest absolute Gasteiger partial charge is 0.499 e. The van der Waals surface area contributed by atoms with Crippen molar-refractivity contribution in [2.75, 3.05) is 21.2 Å². The summed E-state index contributed by atoms with van der Waals surface area (Å²) in [6.07, 6.45) is 3.24. The lowest BCUT2D eigenvalue weighted by Gasteiger charge is -2.30. The Morgan fingerprint density at radius 3 is 1.94 bits per heavy atom. The van der Waals surface area contributed by atoms with Gasteiger partial charge in [0.15, 0.2) is 0 Å². The van der Waals surface area contributed by atoms with Crippen molar-refractivity contribution in [3.8, 4) is 0 Å². The molecule has 17 heteroatoms. The molecule has 0 unspecified atom stereocenters. The SMILES string of the molecule is COC1=CC(=O)N(C(=O)/C=C/[C@H](CCc2ccccc2)NC(=O)[C@H](CC(C)C)NC(=O)[C@H](CC(C)C)NC(=O)[C@H](C(C)C)N(C)C)[C@H]1Cc1c[nH]c2ccccc12.O=C(O)C(F)(F)F. The van der Waals surface area contributed by atoms with Crippen molar-refractivity contribution in [1.82, 2.24) is 30.7 Å². The van der Waals surface area contributed by atoms with Crippen LogP contribution in [0.2, 0.25) is 0 Å². The number of nitrogens with zero attached hydrogens (tertiary/aromatic N) is 2. The smallest absolute Gasteiger partial charge is 0.490 e. The Morgan fingerprint density at radius 2 is 1.41 bits per heavy atom. The van der Waals surface area contributed by atoms with Crippen molar-refractivity contribution in [1.29, 1.82) is 0 Å².